The number of hydrogen-bond donors (Lipinski definition) is 0. The Labute approximate surface area is 101 Å². The van der Waals surface area contributed by atoms with Crippen molar-refractivity contribution in [2.45, 2.75) is 26.7 Å². The zero-order valence-corrected chi connectivity index (χ0v) is 10.8. The van der Waals surface area contributed by atoms with Gasteiger partial charge < -0.3 is 0 Å². The van der Waals surface area contributed by atoms with Crippen LogP contribution < -0.4 is 0 Å². The van der Waals surface area contributed by atoms with Crippen LogP contribution in [0, 0.1) is 12.2 Å². The minimum atomic E-state index is 0. The predicted octanol–water partition coefficient (Wildman–Crippen LogP) is 3.64. The van der Waals surface area contributed by atoms with Crippen LogP contribution in [-0.2, 0) is 26.2 Å². The van der Waals surface area contributed by atoms with E-state index in [1.165, 1.54) is 0 Å². The van der Waals surface area contributed by atoms with Gasteiger partial charge in [0.25, 0.3) is 0 Å². The maximum absolute atomic E-state index is 2.99. The van der Waals surface area contributed by atoms with Crippen LogP contribution in [0.4, 0.5) is 0 Å². The van der Waals surface area contributed by atoms with Crippen LogP contribution in [0.5, 0.6) is 0 Å². The van der Waals surface area contributed by atoms with E-state index in [-0.39, 0.29) is 26.2 Å². The van der Waals surface area contributed by atoms with Crippen molar-refractivity contribution in [3.05, 3.63) is 48.6 Å². The smallest absolute Gasteiger partial charge is 0.273 e. The first-order chi connectivity index (χ1) is 6.00. The third-order valence-corrected chi connectivity index (χ3v) is 1.17. The molecule has 0 unspecified atom stereocenters. The largest absolute Gasteiger partial charge is 2.00 e. The van der Waals surface area contributed by atoms with Gasteiger partial charge in [-0.15, -0.1) is 12.8 Å². The minimum absolute atomic E-state index is 0. The Balaban J connectivity index is 0. The van der Waals surface area contributed by atoms with Crippen LogP contribution in [0.15, 0.2) is 36.5 Å². The third-order valence-electron chi connectivity index (χ3n) is 1.17. The first-order valence-corrected chi connectivity index (χ1v) is 4.43. The standard InChI is InChI=1S/2C5H5.C2H6.Zr/c2*1-2-4-5-3-1;1-2;/h2*1-3H,4H2;1-2H3;/q2*-1;;+2. The van der Waals surface area contributed by atoms with Gasteiger partial charge in [-0.2, -0.15) is 12.2 Å². The molecule has 0 fully saturated rings. The molecule has 13 heavy (non-hydrogen) atoms. The molecule has 2 aliphatic carbocycles. The Morgan fingerprint density at radius 3 is 1.31 bits per heavy atom. The normalized spacial score (nSPS) is 14.0. The average Bonchev–Trinajstić information content (AvgIpc) is 2.87. The summed E-state index contributed by atoms with van der Waals surface area (Å²) in [5.74, 6) is 0. The Morgan fingerprint density at radius 1 is 0.846 bits per heavy atom. The van der Waals surface area contributed by atoms with E-state index in [1.807, 2.05) is 38.2 Å². The van der Waals surface area contributed by atoms with Crippen LogP contribution in [0.2, 0.25) is 0 Å². The number of allylic oxidation sites excluding steroid dienone is 8. The van der Waals surface area contributed by atoms with Crippen molar-refractivity contribution in [1.82, 2.24) is 0 Å². The van der Waals surface area contributed by atoms with Crippen LogP contribution in [0.1, 0.15) is 26.7 Å². The second-order valence-electron chi connectivity index (χ2n) is 2.01. The van der Waals surface area contributed by atoms with E-state index >= 15 is 0 Å². The number of hydrogen-bond acceptors (Lipinski definition) is 0. The first-order valence-electron chi connectivity index (χ1n) is 4.43. The summed E-state index contributed by atoms with van der Waals surface area (Å²) in [4.78, 5) is 0. The van der Waals surface area contributed by atoms with Crippen molar-refractivity contribution in [1.29, 1.82) is 0 Å². The van der Waals surface area contributed by atoms with E-state index in [2.05, 4.69) is 24.3 Å². The molecule has 0 amide bonds. The van der Waals surface area contributed by atoms with Gasteiger partial charge in [-0.05, 0) is 0 Å². The molecule has 0 spiro atoms. The van der Waals surface area contributed by atoms with Gasteiger partial charge in [0.05, 0.1) is 0 Å². The van der Waals surface area contributed by atoms with Crippen molar-refractivity contribution >= 4 is 0 Å². The summed E-state index contributed by atoms with van der Waals surface area (Å²) in [6.07, 6.45) is 20.0. The molecule has 0 bridgehead atoms. The van der Waals surface area contributed by atoms with E-state index < -0.39 is 0 Å². The molecule has 0 heterocycles. The Morgan fingerprint density at radius 2 is 1.23 bits per heavy atom. The number of rotatable bonds is 0. The van der Waals surface area contributed by atoms with E-state index in [0.717, 1.165) is 12.8 Å². The zero-order chi connectivity index (χ0) is 9.07. The fraction of sp³-hybridized carbons (Fsp3) is 0.333. The maximum atomic E-state index is 2.99. The molecule has 68 valence electrons. The zero-order valence-electron chi connectivity index (χ0n) is 8.38. The van der Waals surface area contributed by atoms with Crippen molar-refractivity contribution in [2.75, 3.05) is 0 Å². The molecule has 0 radical (unpaired) electrons. The first kappa shape index (κ1) is 15.3. The van der Waals surface area contributed by atoms with Crippen LogP contribution in [0.25, 0.3) is 0 Å². The Hall–Kier alpha value is -0.157. The van der Waals surface area contributed by atoms with Crippen LogP contribution in [-0.4, -0.2) is 0 Å². The average molecular weight is 251 g/mol. The van der Waals surface area contributed by atoms with E-state index in [1.54, 1.807) is 0 Å². The van der Waals surface area contributed by atoms with E-state index in [0.29, 0.717) is 0 Å². The van der Waals surface area contributed by atoms with Crippen molar-refractivity contribution < 1.29 is 26.2 Å². The fourth-order valence-corrected chi connectivity index (χ4v) is 0.680. The van der Waals surface area contributed by atoms with Gasteiger partial charge in [0, 0.05) is 0 Å². The molecule has 0 aromatic rings. The molecule has 2 rings (SSSR count). The van der Waals surface area contributed by atoms with Gasteiger partial charge in [0.2, 0.25) is 0 Å². The topological polar surface area (TPSA) is 0 Å². The van der Waals surface area contributed by atoms with Gasteiger partial charge in [0.1, 0.15) is 0 Å². The summed E-state index contributed by atoms with van der Waals surface area (Å²) in [6, 6.07) is 0. The molecule has 0 aromatic heterocycles. The molecule has 0 saturated heterocycles. The van der Waals surface area contributed by atoms with E-state index in [9.17, 15) is 0 Å². The van der Waals surface area contributed by atoms with Crippen LogP contribution >= 0.6 is 0 Å². The summed E-state index contributed by atoms with van der Waals surface area (Å²) < 4.78 is 0. The van der Waals surface area contributed by atoms with Gasteiger partial charge >= 0.3 is 26.2 Å². The second kappa shape index (κ2) is 14.4. The summed E-state index contributed by atoms with van der Waals surface area (Å²) in [6.45, 7) is 4.00. The minimum Gasteiger partial charge on any atom is -0.273 e. The van der Waals surface area contributed by atoms with Crippen molar-refractivity contribution in [3.8, 4) is 0 Å². The Kier molecular flexibility index (Phi) is 16.9. The van der Waals surface area contributed by atoms with Gasteiger partial charge in [0.15, 0.2) is 0 Å². The Bertz CT molecular complexity index is 143. The molecule has 2 aliphatic rings. The second-order valence-corrected chi connectivity index (χ2v) is 2.01. The maximum Gasteiger partial charge on any atom is 2.00 e. The molecule has 0 nitrogen and oxygen atoms in total. The summed E-state index contributed by atoms with van der Waals surface area (Å²) in [5.41, 5.74) is 0. The monoisotopic (exact) mass is 250 g/mol. The fourth-order valence-electron chi connectivity index (χ4n) is 0.680. The quantitative estimate of drug-likeness (QED) is 0.577. The molecular weight excluding hydrogens is 235 g/mol. The molecule has 1 heteroatoms. The summed E-state index contributed by atoms with van der Waals surface area (Å²) in [5, 5.41) is 0. The molecule has 0 saturated carbocycles. The van der Waals surface area contributed by atoms with Crippen LogP contribution in [0.3, 0.4) is 0 Å². The predicted molar refractivity (Wildman–Crippen MR) is 54.5 cm³/mol. The molecule has 0 atom stereocenters. The third kappa shape index (κ3) is 11.8. The summed E-state index contributed by atoms with van der Waals surface area (Å²) >= 11 is 0. The van der Waals surface area contributed by atoms with E-state index in [4.69, 9.17) is 0 Å². The molecule has 0 N–H and O–H groups in total. The molecule has 0 aliphatic heterocycles. The van der Waals surface area contributed by atoms with Crippen molar-refractivity contribution in [3.63, 3.8) is 0 Å². The SMILES string of the molecule is CC.[C-]1=CC=CC1.[C-]1=CC=CC1.[Zr+2]. The molecule has 0 aromatic carbocycles. The molecular formula is C12H16Zr. The van der Waals surface area contributed by atoms with Gasteiger partial charge in [-0.3, -0.25) is 12.2 Å². The van der Waals surface area contributed by atoms with Gasteiger partial charge in [-0.1, -0.05) is 13.8 Å². The van der Waals surface area contributed by atoms with Crippen molar-refractivity contribution in [2.24, 2.45) is 0 Å². The van der Waals surface area contributed by atoms with Gasteiger partial charge in [-0.25, -0.2) is 24.3 Å². The summed E-state index contributed by atoms with van der Waals surface area (Å²) in [7, 11) is 0.